The van der Waals surface area contributed by atoms with Crippen LogP contribution in [0.2, 0.25) is 0 Å². The summed E-state index contributed by atoms with van der Waals surface area (Å²) in [6, 6.07) is 0. The molecule has 0 amide bonds. The van der Waals surface area contributed by atoms with Crippen molar-refractivity contribution in [2.24, 2.45) is 10.6 Å². The molecule has 3 aliphatic rings. The van der Waals surface area contributed by atoms with Gasteiger partial charge in [-0.2, -0.15) is 0 Å². The van der Waals surface area contributed by atoms with Gasteiger partial charge < -0.3 is 14.9 Å². The third-order valence-electron chi connectivity index (χ3n) is 4.71. The van der Waals surface area contributed by atoms with Crippen LogP contribution in [-0.4, -0.2) is 56.2 Å². The van der Waals surface area contributed by atoms with Gasteiger partial charge in [0, 0.05) is 13.1 Å². The first-order valence-corrected chi connectivity index (χ1v) is 8.06. The maximum atomic E-state index is 6.17. The Morgan fingerprint density at radius 3 is 2.90 bits per heavy atom. The predicted octanol–water partition coefficient (Wildman–Crippen LogP) is 1.59. The van der Waals surface area contributed by atoms with Crippen molar-refractivity contribution in [3.05, 3.63) is 0 Å². The summed E-state index contributed by atoms with van der Waals surface area (Å²) in [5.74, 6) is 0.804. The van der Waals surface area contributed by atoms with Gasteiger partial charge in [-0.1, -0.05) is 11.6 Å². The van der Waals surface area contributed by atoms with Crippen LogP contribution in [0.15, 0.2) is 5.16 Å². The molecule has 0 aromatic rings. The number of rotatable bonds is 3. The summed E-state index contributed by atoms with van der Waals surface area (Å²) in [6.07, 6.45) is 6.44. The zero-order valence-corrected chi connectivity index (χ0v) is 12.6. The minimum atomic E-state index is -0.00117. The summed E-state index contributed by atoms with van der Waals surface area (Å²) < 4.78 is 6.17. The Morgan fingerprint density at radius 1 is 1.30 bits per heavy atom. The van der Waals surface area contributed by atoms with Crippen LogP contribution in [0.3, 0.4) is 0 Å². The SMILES string of the molecule is C[C@]1(C2=NOC[C@H](CN3CCCCC3)O2)CCCNC1. The van der Waals surface area contributed by atoms with Gasteiger partial charge in [0.25, 0.3) is 0 Å². The Morgan fingerprint density at radius 2 is 2.15 bits per heavy atom. The summed E-state index contributed by atoms with van der Waals surface area (Å²) in [7, 11) is 0. The molecule has 5 heteroatoms. The molecule has 2 atom stereocenters. The summed E-state index contributed by atoms with van der Waals surface area (Å²) in [4.78, 5) is 7.97. The Kier molecular flexibility index (Phi) is 4.46. The van der Waals surface area contributed by atoms with E-state index in [4.69, 9.17) is 9.57 Å². The largest absolute Gasteiger partial charge is 0.470 e. The van der Waals surface area contributed by atoms with E-state index in [-0.39, 0.29) is 11.5 Å². The first-order valence-electron chi connectivity index (χ1n) is 8.06. The quantitative estimate of drug-likeness (QED) is 0.853. The summed E-state index contributed by atoms with van der Waals surface area (Å²) in [5.41, 5.74) is -0.00117. The summed E-state index contributed by atoms with van der Waals surface area (Å²) >= 11 is 0. The zero-order chi connectivity index (χ0) is 13.8. The van der Waals surface area contributed by atoms with Crippen LogP contribution in [0.1, 0.15) is 39.0 Å². The predicted molar refractivity (Wildman–Crippen MR) is 78.8 cm³/mol. The fourth-order valence-corrected chi connectivity index (χ4v) is 3.40. The second kappa shape index (κ2) is 6.31. The van der Waals surface area contributed by atoms with E-state index in [1.807, 2.05) is 0 Å². The Bertz CT molecular complexity index is 347. The molecule has 1 N–H and O–H groups in total. The highest BCUT2D eigenvalue weighted by molar-refractivity contribution is 5.82. The van der Waals surface area contributed by atoms with E-state index < -0.39 is 0 Å². The van der Waals surface area contributed by atoms with E-state index in [1.165, 1.54) is 38.8 Å². The van der Waals surface area contributed by atoms with Crippen molar-refractivity contribution in [1.29, 1.82) is 0 Å². The van der Waals surface area contributed by atoms with Gasteiger partial charge in [0.2, 0.25) is 5.90 Å². The number of hydrogen-bond donors (Lipinski definition) is 1. The standard InChI is InChI=1S/C15H27N3O2/c1-15(6-5-7-16-12-15)14-17-19-11-13(20-14)10-18-8-3-2-4-9-18/h13,16H,2-12H2,1H3/t13-,15-/m0/s1. The molecule has 0 saturated carbocycles. The van der Waals surface area contributed by atoms with Crippen molar-refractivity contribution in [2.75, 3.05) is 39.3 Å². The normalized spacial score (nSPS) is 35.9. The number of ether oxygens (including phenoxy) is 1. The van der Waals surface area contributed by atoms with Crippen LogP contribution in [0, 0.1) is 5.41 Å². The molecule has 2 saturated heterocycles. The Hall–Kier alpha value is -0.810. The average molecular weight is 281 g/mol. The van der Waals surface area contributed by atoms with Crippen LogP contribution in [-0.2, 0) is 9.57 Å². The van der Waals surface area contributed by atoms with Crippen molar-refractivity contribution in [3.8, 4) is 0 Å². The van der Waals surface area contributed by atoms with Crippen LogP contribution in [0.4, 0.5) is 0 Å². The molecule has 0 aliphatic carbocycles. The Labute approximate surface area is 121 Å². The molecule has 3 heterocycles. The number of likely N-dealkylation sites (tertiary alicyclic amines) is 1. The highest BCUT2D eigenvalue weighted by Crippen LogP contribution is 2.30. The van der Waals surface area contributed by atoms with E-state index in [0.29, 0.717) is 6.61 Å². The third kappa shape index (κ3) is 3.26. The van der Waals surface area contributed by atoms with Gasteiger partial charge in [0.05, 0.1) is 5.41 Å². The maximum Gasteiger partial charge on any atom is 0.233 e. The number of oxime groups is 1. The van der Waals surface area contributed by atoms with Crippen LogP contribution in [0.5, 0.6) is 0 Å². The lowest BCUT2D eigenvalue weighted by Crippen LogP contribution is -2.49. The monoisotopic (exact) mass is 281 g/mol. The average Bonchev–Trinajstić information content (AvgIpc) is 2.49. The van der Waals surface area contributed by atoms with Crippen molar-refractivity contribution in [3.63, 3.8) is 0 Å². The minimum Gasteiger partial charge on any atom is -0.470 e. The molecule has 114 valence electrons. The minimum absolute atomic E-state index is 0.00117. The second-order valence-corrected chi connectivity index (χ2v) is 6.63. The second-order valence-electron chi connectivity index (χ2n) is 6.63. The molecule has 5 nitrogen and oxygen atoms in total. The summed E-state index contributed by atoms with van der Waals surface area (Å²) in [5, 5.41) is 7.65. The lowest BCUT2D eigenvalue weighted by atomic mass is 9.82. The first-order chi connectivity index (χ1) is 9.76. The topological polar surface area (TPSA) is 46.1 Å². The van der Waals surface area contributed by atoms with Gasteiger partial charge >= 0.3 is 0 Å². The third-order valence-corrected chi connectivity index (χ3v) is 4.71. The number of piperidine rings is 2. The molecule has 0 unspecified atom stereocenters. The van der Waals surface area contributed by atoms with Crippen LogP contribution < -0.4 is 5.32 Å². The molecule has 3 rings (SSSR count). The molecule has 20 heavy (non-hydrogen) atoms. The van der Waals surface area contributed by atoms with Gasteiger partial charge in [-0.25, -0.2) is 0 Å². The van der Waals surface area contributed by atoms with E-state index in [2.05, 4.69) is 22.3 Å². The lowest BCUT2D eigenvalue weighted by molar-refractivity contribution is -0.0222. The molecule has 0 spiro atoms. The molecule has 0 aromatic heterocycles. The molecule has 3 aliphatic heterocycles. The van der Waals surface area contributed by atoms with Gasteiger partial charge in [-0.05, 0) is 52.2 Å². The van der Waals surface area contributed by atoms with Crippen molar-refractivity contribution >= 4 is 5.90 Å². The molecule has 0 radical (unpaired) electrons. The highest BCUT2D eigenvalue weighted by Gasteiger charge is 2.38. The Balaban J connectivity index is 1.56. The molecular weight excluding hydrogens is 254 g/mol. The maximum absolute atomic E-state index is 6.17. The van der Waals surface area contributed by atoms with Gasteiger partial charge in [0.15, 0.2) is 6.61 Å². The molecule has 2 fully saturated rings. The van der Waals surface area contributed by atoms with Gasteiger partial charge in [-0.15, -0.1) is 0 Å². The van der Waals surface area contributed by atoms with Gasteiger partial charge in [0.1, 0.15) is 6.10 Å². The van der Waals surface area contributed by atoms with E-state index in [0.717, 1.165) is 32.0 Å². The first kappa shape index (κ1) is 14.1. The van der Waals surface area contributed by atoms with Crippen molar-refractivity contribution in [1.82, 2.24) is 10.2 Å². The van der Waals surface area contributed by atoms with E-state index in [1.54, 1.807) is 0 Å². The highest BCUT2D eigenvalue weighted by atomic mass is 16.7. The number of nitrogens with zero attached hydrogens (tertiary/aromatic N) is 2. The fourth-order valence-electron chi connectivity index (χ4n) is 3.40. The molecular formula is C15H27N3O2. The van der Waals surface area contributed by atoms with E-state index in [9.17, 15) is 0 Å². The molecule has 0 bridgehead atoms. The zero-order valence-electron chi connectivity index (χ0n) is 12.6. The lowest BCUT2D eigenvalue weighted by Gasteiger charge is -2.38. The van der Waals surface area contributed by atoms with Crippen LogP contribution in [0.25, 0.3) is 0 Å². The number of hydrogen-bond acceptors (Lipinski definition) is 5. The number of nitrogens with one attached hydrogen (secondary N) is 1. The van der Waals surface area contributed by atoms with E-state index >= 15 is 0 Å². The van der Waals surface area contributed by atoms with Gasteiger partial charge in [-0.3, -0.25) is 4.90 Å². The smallest absolute Gasteiger partial charge is 0.233 e. The van der Waals surface area contributed by atoms with Crippen LogP contribution >= 0.6 is 0 Å². The fraction of sp³-hybridized carbons (Fsp3) is 0.933. The summed E-state index contributed by atoms with van der Waals surface area (Å²) in [6.45, 7) is 8.22. The van der Waals surface area contributed by atoms with Crippen molar-refractivity contribution in [2.45, 2.75) is 45.1 Å². The molecule has 0 aromatic carbocycles. The van der Waals surface area contributed by atoms with Crippen molar-refractivity contribution < 1.29 is 9.57 Å².